The van der Waals surface area contributed by atoms with E-state index < -0.39 is 23.7 Å². The molecule has 0 N–H and O–H groups in total. The van der Waals surface area contributed by atoms with Gasteiger partial charge < -0.3 is 9.64 Å². The molecule has 0 saturated carbocycles. The second kappa shape index (κ2) is 7.77. The maximum absolute atomic E-state index is 12.9. The van der Waals surface area contributed by atoms with E-state index in [9.17, 15) is 22.8 Å². The van der Waals surface area contributed by atoms with Crippen LogP contribution in [0, 0.1) is 0 Å². The van der Waals surface area contributed by atoms with E-state index in [0.717, 1.165) is 6.07 Å². The summed E-state index contributed by atoms with van der Waals surface area (Å²) < 4.78 is 44.1. The van der Waals surface area contributed by atoms with Gasteiger partial charge in [-0.1, -0.05) is 30.3 Å². The number of nitrogens with zero attached hydrogens (tertiary/aromatic N) is 2. The smallest absolute Gasteiger partial charge is 0.421 e. The van der Waals surface area contributed by atoms with Crippen molar-refractivity contribution in [2.45, 2.75) is 25.1 Å². The first-order valence-corrected chi connectivity index (χ1v) is 8.39. The Morgan fingerprint density at radius 3 is 2.44 bits per heavy atom. The van der Waals surface area contributed by atoms with Crippen LogP contribution >= 0.6 is 0 Å². The number of ether oxygens (including phenoxy) is 1. The Balaban J connectivity index is 1.47. The number of ketones is 1. The zero-order valence-electron chi connectivity index (χ0n) is 14.3. The number of pyridine rings is 1. The third-order valence-electron chi connectivity index (χ3n) is 4.22. The average molecular weight is 378 g/mol. The van der Waals surface area contributed by atoms with E-state index in [0.29, 0.717) is 5.56 Å². The van der Waals surface area contributed by atoms with Crippen LogP contribution < -0.4 is 4.74 Å². The first-order valence-electron chi connectivity index (χ1n) is 8.39. The summed E-state index contributed by atoms with van der Waals surface area (Å²) in [5.74, 6) is -0.835. The molecule has 27 heavy (non-hydrogen) atoms. The van der Waals surface area contributed by atoms with Gasteiger partial charge in [-0.2, -0.15) is 13.2 Å². The lowest BCUT2D eigenvalue weighted by atomic mass is 10.0. The molecule has 2 heterocycles. The number of hydrogen-bond donors (Lipinski definition) is 0. The number of Topliss-reactive ketones (excluding diaryl/α,β-unsaturated/α-hetero) is 1. The normalized spacial score (nSPS) is 14.6. The highest BCUT2D eigenvalue weighted by Gasteiger charge is 2.38. The van der Waals surface area contributed by atoms with Crippen LogP contribution in [0.3, 0.4) is 0 Å². The van der Waals surface area contributed by atoms with Crippen LogP contribution in [0.5, 0.6) is 5.88 Å². The predicted octanol–water partition coefficient (Wildman–Crippen LogP) is 3.35. The summed E-state index contributed by atoms with van der Waals surface area (Å²) in [7, 11) is 0. The SMILES string of the molecule is O=C(CCC(=O)N1CC(Oc2ncccc2C(F)(F)F)C1)c1ccccc1. The molecular weight excluding hydrogens is 361 g/mol. The zero-order valence-corrected chi connectivity index (χ0v) is 14.3. The summed E-state index contributed by atoms with van der Waals surface area (Å²) >= 11 is 0. The van der Waals surface area contributed by atoms with Crippen molar-refractivity contribution in [1.82, 2.24) is 9.88 Å². The Morgan fingerprint density at radius 2 is 1.78 bits per heavy atom. The third-order valence-corrected chi connectivity index (χ3v) is 4.22. The van der Waals surface area contributed by atoms with Crippen LogP contribution in [0.2, 0.25) is 0 Å². The lowest BCUT2D eigenvalue weighted by Gasteiger charge is -2.39. The Kier molecular flexibility index (Phi) is 5.43. The summed E-state index contributed by atoms with van der Waals surface area (Å²) in [6.45, 7) is 0.346. The number of aromatic nitrogens is 1. The summed E-state index contributed by atoms with van der Waals surface area (Å²) in [4.78, 5) is 29.2. The molecule has 0 aliphatic carbocycles. The van der Waals surface area contributed by atoms with Gasteiger partial charge in [-0.25, -0.2) is 4.98 Å². The van der Waals surface area contributed by atoms with Gasteiger partial charge >= 0.3 is 6.18 Å². The highest BCUT2D eigenvalue weighted by Crippen LogP contribution is 2.35. The quantitative estimate of drug-likeness (QED) is 0.724. The minimum absolute atomic E-state index is 0.0534. The zero-order chi connectivity index (χ0) is 19.4. The molecule has 8 heteroatoms. The number of alkyl halides is 3. The lowest BCUT2D eigenvalue weighted by molar-refractivity contribution is -0.145. The largest absolute Gasteiger partial charge is 0.470 e. The van der Waals surface area contributed by atoms with Crippen LogP contribution in [0.4, 0.5) is 13.2 Å². The molecule has 1 aromatic heterocycles. The Hall–Kier alpha value is -2.90. The molecule has 1 aliphatic rings. The van der Waals surface area contributed by atoms with E-state index in [-0.39, 0.29) is 37.6 Å². The summed E-state index contributed by atoms with van der Waals surface area (Å²) in [6.07, 6.45) is -3.74. The van der Waals surface area contributed by atoms with Crippen LogP contribution in [0.15, 0.2) is 48.7 Å². The van der Waals surface area contributed by atoms with Gasteiger partial charge in [0.05, 0.1) is 13.1 Å². The maximum atomic E-state index is 12.9. The highest BCUT2D eigenvalue weighted by molar-refractivity contribution is 5.97. The fourth-order valence-electron chi connectivity index (χ4n) is 2.72. The third kappa shape index (κ3) is 4.64. The predicted molar refractivity (Wildman–Crippen MR) is 90.2 cm³/mol. The van der Waals surface area contributed by atoms with Crippen molar-refractivity contribution in [3.8, 4) is 5.88 Å². The molecule has 0 bridgehead atoms. The van der Waals surface area contributed by atoms with Crippen LogP contribution in [-0.4, -0.2) is 40.8 Å². The lowest BCUT2D eigenvalue weighted by Crippen LogP contribution is -2.56. The number of benzene rings is 1. The van der Waals surface area contributed by atoms with E-state index in [1.165, 1.54) is 17.2 Å². The molecule has 0 atom stereocenters. The Bertz CT molecular complexity index is 818. The van der Waals surface area contributed by atoms with Gasteiger partial charge in [0, 0.05) is 24.6 Å². The second-order valence-corrected chi connectivity index (χ2v) is 6.18. The van der Waals surface area contributed by atoms with Crippen molar-refractivity contribution in [3.05, 3.63) is 59.8 Å². The molecule has 5 nitrogen and oxygen atoms in total. The monoisotopic (exact) mass is 378 g/mol. The van der Waals surface area contributed by atoms with Gasteiger partial charge in [0.25, 0.3) is 0 Å². The number of hydrogen-bond acceptors (Lipinski definition) is 4. The van der Waals surface area contributed by atoms with Gasteiger partial charge in [-0.3, -0.25) is 9.59 Å². The molecule has 0 radical (unpaired) electrons. The minimum Gasteiger partial charge on any atom is -0.470 e. The van der Waals surface area contributed by atoms with Crippen molar-refractivity contribution >= 4 is 11.7 Å². The standard InChI is InChI=1S/C19H17F3N2O3/c20-19(21,22)15-7-4-10-23-18(15)27-14-11-24(12-14)17(26)9-8-16(25)13-5-2-1-3-6-13/h1-7,10,14H,8-9,11-12H2. The maximum Gasteiger partial charge on any atom is 0.421 e. The molecule has 0 unspecified atom stereocenters. The fraction of sp³-hybridized carbons (Fsp3) is 0.316. The number of carbonyl (C=O) groups is 2. The Morgan fingerprint density at radius 1 is 1.07 bits per heavy atom. The van der Waals surface area contributed by atoms with E-state index in [1.54, 1.807) is 30.3 Å². The molecule has 1 fully saturated rings. The highest BCUT2D eigenvalue weighted by atomic mass is 19.4. The van der Waals surface area contributed by atoms with Gasteiger partial charge in [0.1, 0.15) is 11.7 Å². The number of amides is 1. The second-order valence-electron chi connectivity index (χ2n) is 6.18. The van der Waals surface area contributed by atoms with Gasteiger partial charge in [0.15, 0.2) is 5.78 Å². The van der Waals surface area contributed by atoms with Gasteiger partial charge in [0.2, 0.25) is 11.8 Å². The van der Waals surface area contributed by atoms with Crippen molar-refractivity contribution in [3.63, 3.8) is 0 Å². The summed E-state index contributed by atoms with van der Waals surface area (Å²) in [6, 6.07) is 10.8. The summed E-state index contributed by atoms with van der Waals surface area (Å²) in [5.41, 5.74) is -0.395. The number of halogens is 3. The molecule has 1 saturated heterocycles. The fourth-order valence-corrected chi connectivity index (χ4v) is 2.72. The van der Waals surface area contributed by atoms with Crippen LogP contribution in [0.1, 0.15) is 28.8 Å². The minimum atomic E-state index is -4.55. The molecule has 142 valence electrons. The van der Waals surface area contributed by atoms with Gasteiger partial charge in [-0.05, 0) is 12.1 Å². The molecule has 1 aliphatic heterocycles. The van der Waals surface area contributed by atoms with E-state index in [2.05, 4.69) is 4.98 Å². The molecule has 0 spiro atoms. The first kappa shape index (κ1) is 18.9. The van der Waals surface area contributed by atoms with Crippen LogP contribution in [-0.2, 0) is 11.0 Å². The van der Waals surface area contributed by atoms with Gasteiger partial charge in [-0.15, -0.1) is 0 Å². The number of carbonyl (C=O) groups excluding carboxylic acids is 2. The van der Waals surface area contributed by atoms with Crippen LogP contribution in [0.25, 0.3) is 0 Å². The molecule has 3 rings (SSSR count). The average Bonchev–Trinajstić information content (AvgIpc) is 2.62. The summed E-state index contributed by atoms with van der Waals surface area (Å²) in [5, 5.41) is 0. The van der Waals surface area contributed by atoms with Crippen molar-refractivity contribution in [2.24, 2.45) is 0 Å². The van der Waals surface area contributed by atoms with E-state index >= 15 is 0 Å². The molecular formula is C19H17F3N2O3. The number of likely N-dealkylation sites (tertiary alicyclic amines) is 1. The first-order chi connectivity index (χ1) is 12.8. The van der Waals surface area contributed by atoms with E-state index in [1.807, 2.05) is 0 Å². The van der Waals surface area contributed by atoms with Crippen molar-refractivity contribution < 1.29 is 27.5 Å². The molecule has 1 amide bonds. The number of rotatable bonds is 6. The Labute approximate surface area is 153 Å². The van der Waals surface area contributed by atoms with Crippen molar-refractivity contribution in [1.29, 1.82) is 0 Å². The van der Waals surface area contributed by atoms with E-state index in [4.69, 9.17) is 4.74 Å². The van der Waals surface area contributed by atoms with Crippen molar-refractivity contribution in [2.75, 3.05) is 13.1 Å². The molecule has 2 aromatic rings. The topological polar surface area (TPSA) is 59.5 Å². The molecule has 1 aromatic carbocycles.